The number of rotatable bonds is 9. The number of carbonyl (C=O) groups excluding carboxylic acids is 2. The average Bonchev–Trinajstić information content (AvgIpc) is 3.16. The van der Waals surface area contributed by atoms with E-state index in [1.165, 1.54) is 30.6 Å². The highest BCUT2D eigenvalue weighted by molar-refractivity contribution is 5.97. The van der Waals surface area contributed by atoms with Gasteiger partial charge in [-0.15, -0.1) is 0 Å². The highest BCUT2D eigenvalue weighted by Crippen LogP contribution is 2.30. The highest BCUT2D eigenvalue weighted by Gasteiger charge is 2.26. The summed E-state index contributed by atoms with van der Waals surface area (Å²) in [5.74, 6) is 1.25. The van der Waals surface area contributed by atoms with E-state index in [9.17, 15) is 9.59 Å². The summed E-state index contributed by atoms with van der Waals surface area (Å²) in [6.45, 7) is 4.50. The molecule has 2 amide bonds. The number of amides is 2. The lowest BCUT2D eigenvalue weighted by atomic mass is 9.98. The molecule has 1 unspecified atom stereocenters. The van der Waals surface area contributed by atoms with Gasteiger partial charge in [-0.25, -0.2) is 0 Å². The molecular formula is C19H34N4O3. The molecular weight excluding hydrogens is 332 g/mol. The first-order valence-corrected chi connectivity index (χ1v) is 10.0. The summed E-state index contributed by atoms with van der Waals surface area (Å²) in [6, 6.07) is 0. The van der Waals surface area contributed by atoms with E-state index < -0.39 is 0 Å². The van der Waals surface area contributed by atoms with Gasteiger partial charge in [-0.3, -0.25) is 19.5 Å². The van der Waals surface area contributed by atoms with Gasteiger partial charge in [0, 0.05) is 46.1 Å². The van der Waals surface area contributed by atoms with Crippen molar-refractivity contribution in [3.63, 3.8) is 0 Å². The van der Waals surface area contributed by atoms with E-state index in [-0.39, 0.29) is 11.8 Å². The van der Waals surface area contributed by atoms with Crippen LogP contribution in [0.1, 0.15) is 58.3 Å². The van der Waals surface area contributed by atoms with Gasteiger partial charge in [-0.2, -0.15) is 0 Å². The molecule has 1 saturated heterocycles. The fraction of sp³-hybridized carbons (Fsp3) is 0.842. The molecule has 1 aliphatic carbocycles. The van der Waals surface area contributed by atoms with Crippen LogP contribution in [0.4, 0.5) is 0 Å². The van der Waals surface area contributed by atoms with Gasteiger partial charge >= 0.3 is 0 Å². The molecule has 0 bridgehead atoms. The Balaban J connectivity index is 1.68. The van der Waals surface area contributed by atoms with Crippen molar-refractivity contribution in [2.24, 2.45) is 10.9 Å². The molecule has 26 heavy (non-hydrogen) atoms. The number of carbonyl (C=O) groups is 2. The Morgan fingerprint density at radius 2 is 1.81 bits per heavy atom. The lowest BCUT2D eigenvalue weighted by molar-refractivity contribution is -0.147. The van der Waals surface area contributed by atoms with Gasteiger partial charge in [0.05, 0.1) is 6.10 Å². The van der Waals surface area contributed by atoms with E-state index in [4.69, 9.17) is 4.74 Å². The number of nitrogens with one attached hydrogen (secondary N) is 2. The first kappa shape index (κ1) is 20.7. The van der Waals surface area contributed by atoms with Gasteiger partial charge in [-0.05, 0) is 38.5 Å². The van der Waals surface area contributed by atoms with Crippen molar-refractivity contribution in [1.82, 2.24) is 15.5 Å². The minimum absolute atomic E-state index is 0.0675. The van der Waals surface area contributed by atoms with Crippen LogP contribution in [0.5, 0.6) is 0 Å². The zero-order valence-electron chi connectivity index (χ0n) is 16.3. The molecule has 1 heterocycles. The molecule has 2 aliphatic rings. The molecule has 1 saturated carbocycles. The molecule has 0 spiro atoms. The number of guanidine groups is 1. The van der Waals surface area contributed by atoms with Gasteiger partial charge in [0.1, 0.15) is 0 Å². The van der Waals surface area contributed by atoms with Gasteiger partial charge < -0.3 is 15.4 Å². The van der Waals surface area contributed by atoms with E-state index >= 15 is 0 Å². The van der Waals surface area contributed by atoms with Crippen LogP contribution in [-0.2, 0) is 14.3 Å². The van der Waals surface area contributed by atoms with E-state index in [0.29, 0.717) is 50.3 Å². The molecule has 7 heteroatoms. The number of ether oxygens (including phenoxy) is 1. The largest absolute Gasteiger partial charge is 0.378 e. The van der Waals surface area contributed by atoms with Crippen molar-refractivity contribution in [2.45, 2.75) is 64.4 Å². The first-order valence-electron chi connectivity index (χ1n) is 10.0. The van der Waals surface area contributed by atoms with E-state index in [0.717, 1.165) is 19.6 Å². The number of aliphatic imine (C=N–C) groups is 1. The molecule has 0 aromatic rings. The van der Waals surface area contributed by atoms with Crippen LogP contribution in [0, 0.1) is 5.92 Å². The first-order chi connectivity index (χ1) is 12.7. The van der Waals surface area contributed by atoms with Gasteiger partial charge in [0.15, 0.2) is 5.96 Å². The smallest absolute Gasteiger partial charge is 0.229 e. The summed E-state index contributed by atoms with van der Waals surface area (Å²) in [7, 11) is 1.73. The second kappa shape index (κ2) is 11.2. The number of hydrogen-bond donors (Lipinski definition) is 2. The Morgan fingerprint density at radius 1 is 1.15 bits per heavy atom. The Labute approximate surface area is 156 Å². The Hall–Kier alpha value is -1.63. The molecule has 2 fully saturated rings. The summed E-state index contributed by atoms with van der Waals surface area (Å²) in [5.41, 5.74) is 0. The molecule has 0 aromatic heterocycles. The standard InChI is InChI=1S/C19H34N4O3/c1-3-26-16(15-7-4-5-8-15)11-12-21-19(20-2)22-13-14-23-17(24)9-6-10-18(23)25/h15-16H,3-14H2,1-2H3,(H2,20,21,22). The minimum Gasteiger partial charge on any atom is -0.378 e. The topological polar surface area (TPSA) is 83.0 Å². The summed E-state index contributed by atoms with van der Waals surface area (Å²) < 4.78 is 5.94. The summed E-state index contributed by atoms with van der Waals surface area (Å²) in [5, 5.41) is 6.50. The lowest BCUT2D eigenvalue weighted by Crippen LogP contribution is -2.46. The van der Waals surface area contributed by atoms with Crippen LogP contribution < -0.4 is 10.6 Å². The zero-order chi connectivity index (χ0) is 18.8. The van der Waals surface area contributed by atoms with Gasteiger partial charge in [-0.1, -0.05) is 12.8 Å². The van der Waals surface area contributed by atoms with Crippen LogP contribution in [0.15, 0.2) is 4.99 Å². The van der Waals surface area contributed by atoms with Crippen molar-refractivity contribution in [1.29, 1.82) is 0 Å². The van der Waals surface area contributed by atoms with Gasteiger partial charge in [0.25, 0.3) is 0 Å². The molecule has 0 aromatic carbocycles. The second-order valence-electron chi connectivity index (χ2n) is 7.05. The molecule has 2 rings (SSSR count). The van der Waals surface area contributed by atoms with Gasteiger partial charge in [0.2, 0.25) is 11.8 Å². The lowest BCUT2D eigenvalue weighted by Gasteiger charge is -2.25. The number of nitrogens with zero attached hydrogens (tertiary/aromatic N) is 2. The fourth-order valence-electron chi connectivity index (χ4n) is 3.89. The third kappa shape index (κ3) is 6.27. The normalized spacial score (nSPS) is 20.5. The third-order valence-corrected chi connectivity index (χ3v) is 5.26. The maximum atomic E-state index is 11.8. The van der Waals surface area contributed by atoms with Crippen molar-refractivity contribution in [2.75, 3.05) is 33.3 Å². The second-order valence-corrected chi connectivity index (χ2v) is 7.05. The van der Waals surface area contributed by atoms with Crippen LogP contribution in [0.2, 0.25) is 0 Å². The van der Waals surface area contributed by atoms with Crippen LogP contribution >= 0.6 is 0 Å². The molecule has 0 radical (unpaired) electrons. The number of imide groups is 1. The van der Waals surface area contributed by atoms with E-state index in [1.807, 2.05) is 0 Å². The fourth-order valence-corrected chi connectivity index (χ4v) is 3.89. The summed E-state index contributed by atoms with van der Waals surface area (Å²) >= 11 is 0. The van der Waals surface area contributed by atoms with Crippen LogP contribution in [-0.4, -0.2) is 62.1 Å². The monoisotopic (exact) mass is 366 g/mol. The number of likely N-dealkylation sites (tertiary alicyclic amines) is 1. The Morgan fingerprint density at radius 3 is 2.42 bits per heavy atom. The summed E-state index contributed by atoms with van der Waals surface area (Å²) in [4.78, 5) is 29.2. The number of piperidine rings is 1. The van der Waals surface area contributed by atoms with Crippen LogP contribution in [0.25, 0.3) is 0 Å². The predicted octanol–water partition coefficient (Wildman–Crippen LogP) is 1.68. The number of hydrogen-bond acceptors (Lipinski definition) is 4. The van der Waals surface area contributed by atoms with E-state index in [2.05, 4.69) is 22.5 Å². The van der Waals surface area contributed by atoms with Crippen LogP contribution in [0.3, 0.4) is 0 Å². The molecule has 148 valence electrons. The van der Waals surface area contributed by atoms with Crippen molar-refractivity contribution >= 4 is 17.8 Å². The Bertz CT molecular complexity index is 473. The SMILES string of the molecule is CCOC(CCNC(=NC)NCCN1C(=O)CCCC1=O)C1CCCC1. The molecule has 2 N–H and O–H groups in total. The van der Waals surface area contributed by atoms with Crippen molar-refractivity contribution in [3.05, 3.63) is 0 Å². The zero-order valence-corrected chi connectivity index (χ0v) is 16.3. The molecule has 1 aliphatic heterocycles. The predicted molar refractivity (Wildman–Crippen MR) is 102 cm³/mol. The summed E-state index contributed by atoms with van der Waals surface area (Å²) in [6.07, 6.45) is 8.08. The maximum absolute atomic E-state index is 11.8. The third-order valence-electron chi connectivity index (χ3n) is 5.26. The maximum Gasteiger partial charge on any atom is 0.229 e. The van der Waals surface area contributed by atoms with Crippen molar-refractivity contribution < 1.29 is 14.3 Å². The molecule has 1 atom stereocenters. The molecule has 7 nitrogen and oxygen atoms in total. The quantitative estimate of drug-likeness (QED) is 0.368. The average molecular weight is 367 g/mol. The van der Waals surface area contributed by atoms with Crippen molar-refractivity contribution in [3.8, 4) is 0 Å². The minimum atomic E-state index is -0.0675. The Kier molecular flexibility index (Phi) is 8.88. The highest BCUT2D eigenvalue weighted by atomic mass is 16.5. The van der Waals surface area contributed by atoms with E-state index in [1.54, 1.807) is 7.05 Å².